The van der Waals surface area contributed by atoms with E-state index in [0.29, 0.717) is 24.8 Å². The molecule has 0 radical (unpaired) electrons. The Kier molecular flexibility index (Phi) is 8.92. The van der Waals surface area contributed by atoms with Crippen molar-refractivity contribution in [2.24, 2.45) is 22.7 Å². The van der Waals surface area contributed by atoms with Gasteiger partial charge < -0.3 is 28.4 Å². The number of allylic oxidation sites excluding steroid dienone is 1. The first-order chi connectivity index (χ1) is 19.7. The molecular formula is C31H42O11. The monoisotopic (exact) mass is 590 g/mol. The highest BCUT2D eigenvalue weighted by atomic mass is 16.6. The second-order valence-corrected chi connectivity index (χ2v) is 12.4. The van der Waals surface area contributed by atoms with Crippen LogP contribution in [0.1, 0.15) is 74.1 Å². The van der Waals surface area contributed by atoms with Crippen molar-refractivity contribution >= 4 is 29.8 Å². The van der Waals surface area contributed by atoms with E-state index in [1.165, 1.54) is 26.8 Å². The van der Waals surface area contributed by atoms with Crippen molar-refractivity contribution in [3.63, 3.8) is 0 Å². The molecule has 1 spiro atoms. The zero-order valence-electron chi connectivity index (χ0n) is 25.5. The number of hydrogen-bond acceptors (Lipinski definition) is 11. The van der Waals surface area contributed by atoms with Gasteiger partial charge in [-0.2, -0.15) is 0 Å². The Hall–Kier alpha value is -3.21. The summed E-state index contributed by atoms with van der Waals surface area (Å²) in [6.45, 7) is 11.6. The van der Waals surface area contributed by atoms with Crippen molar-refractivity contribution in [2.75, 3.05) is 19.8 Å². The summed E-state index contributed by atoms with van der Waals surface area (Å²) in [4.78, 5) is 62.3. The lowest BCUT2D eigenvalue weighted by atomic mass is 9.41. The number of ether oxygens (including phenoxy) is 6. The summed E-state index contributed by atoms with van der Waals surface area (Å²) in [5, 5.41) is 0. The van der Waals surface area contributed by atoms with Gasteiger partial charge in [0.15, 0.2) is 0 Å². The largest absolute Gasteiger partial charge is 0.462 e. The molecular weight excluding hydrogens is 548 g/mol. The van der Waals surface area contributed by atoms with Crippen molar-refractivity contribution in [1.82, 2.24) is 0 Å². The highest BCUT2D eigenvalue weighted by Gasteiger charge is 2.81. The summed E-state index contributed by atoms with van der Waals surface area (Å²) in [6, 6.07) is 0. The molecule has 2 aliphatic carbocycles. The predicted octanol–water partition coefficient (Wildman–Crippen LogP) is 3.38. The Morgan fingerprint density at radius 1 is 1.00 bits per heavy atom. The van der Waals surface area contributed by atoms with Crippen LogP contribution in [0.4, 0.5) is 0 Å². The summed E-state index contributed by atoms with van der Waals surface area (Å²) in [6.07, 6.45) is 2.36. The maximum absolute atomic E-state index is 13.1. The Balaban J connectivity index is 1.91. The quantitative estimate of drug-likeness (QED) is 0.169. The topological polar surface area (TPSA) is 144 Å². The SMILES string of the molecule is C/C=C(\C)C(=O)OC[C@@]12[C@@H](OC(C)=O)C[C@@H](C)[C@](C)(CCC3=CC(=O)OC3)[C@H]1[C@@H](OC(C)=O)C[C@H](OC(C)=O)[C@]21CO1. The Morgan fingerprint density at radius 3 is 2.14 bits per heavy atom. The molecule has 0 unspecified atom stereocenters. The van der Waals surface area contributed by atoms with Gasteiger partial charge in [-0.3, -0.25) is 14.4 Å². The van der Waals surface area contributed by atoms with Crippen molar-refractivity contribution in [1.29, 1.82) is 0 Å². The lowest BCUT2D eigenvalue weighted by Crippen LogP contribution is -2.74. The van der Waals surface area contributed by atoms with Crippen molar-refractivity contribution < 1.29 is 52.4 Å². The summed E-state index contributed by atoms with van der Waals surface area (Å²) in [5.41, 5.74) is -1.74. The first kappa shape index (κ1) is 31.7. The summed E-state index contributed by atoms with van der Waals surface area (Å²) in [5.74, 6) is -3.13. The summed E-state index contributed by atoms with van der Waals surface area (Å²) >= 11 is 0. The minimum atomic E-state index is -1.24. The minimum absolute atomic E-state index is 0.0642. The summed E-state index contributed by atoms with van der Waals surface area (Å²) in [7, 11) is 0. The molecule has 8 atom stereocenters. The molecule has 1 saturated heterocycles. The molecule has 0 aromatic heterocycles. The Morgan fingerprint density at radius 2 is 1.62 bits per heavy atom. The third-order valence-electron chi connectivity index (χ3n) is 9.95. The van der Waals surface area contributed by atoms with Crippen LogP contribution in [-0.4, -0.2) is 73.6 Å². The van der Waals surface area contributed by atoms with Crippen LogP contribution in [0.15, 0.2) is 23.3 Å². The number of cyclic esters (lactones) is 1. The Bertz CT molecular complexity index is 1200. The standard InChI is InChI=1S/C31H42O11/c1-8-17(2)28(36)38-15-30-24(41-20(5)33)11-18(3)29(7,10-9-22-12-26(35)37-14-22)27(30)23(40-19(4)32)13-25(42-21(6)34)31(30)16-39-31/h8,12,18,23-25,27H,9-11,13-16H2,1-7H3/b17-8+/t18-,23+,24+,25+,27-,29+,30-,31-/m1/s1. The van der Waals surface area contributed by atoms with Crippen LogP contribution >= 0.6 is 0 Å². The zero-order valence-corrected chi connectivity index (χ0v) is 25.5. The fraction of sp³-hybridized carbons (Fsp3) is 0.710. The highest BCUT2D eigenvalue weighted by molar-refractivity contribution is 5.87. The molecule has 0 amide bonds. The molecule has 4 rings (SSSR count). The molecule has 11 heteroatoms. The zero-order chi connectivity index (χ0) is 31.0. The van der Waals surface area contributed by atoms with Crippen LogP contribution < -0.4 is 0 Å². The van der Waals surface area contributed by atoms with Gasteiger partial charge in [0.05, 0.1) is 12.0 Å². The van der Waals surface area contributed by atoms with Gasteiger partial charge in [0.25, 0.3) is 0 Å². The van der Waals surface area contributed by atoms with Crippen molar-refractivity contribution in [3.05, 3.63) is 23.3 Å². The van der Waals surface area contributed by atoms with Crippen LogP contribution in [0.2, 0.25) is 0 Å². The van der Waals surface area contributed by atoms with Gasteiger partial charge in [-0.15, -0.1) is 0 Å². The van der Waals surface area contributed by atoms with Crippen LogP contribution in [0.25, 0.3) is 0 Å². The van der Waals surface area contributed by atoms with E-state index < -0.39 is 64.5 Å². The number of esters is 5. The molecule has 232 valence electrons. The van der Waals surface area contributed by atoms with E-state index in [2.05, 4.69) is 13.8 Å². The van der Waals surface area contributed by atoms with E-state index in [4.69, 9.17) is 28.4 Å². The maximum Gasteiger partial charge on any atom is 0.333 e. The van der Waals surface area contributed by atoms with Crippen LogP contribution in [0, 0.1) is 22.7 Å². The van der Waals surface area contributed by atoms with Gasteiger partial charge in [-0.05, 0) is 50.0 Å². The van der Waals surface area contributed by atoms with E-state index in [9.17, 15) is 24.0 Å². The fourth-order valence-electron chi connectivity index (χ4n) is 7.70. The van der Waals surface area contributed by atoms with E-state index in [-0.39, 0.29) is 38.1 Å². The second kappa shape index (κ2) is 11.8. The van der Waals surface area contributed by atoms with Crippen LogP contribution in [-0.2, 0) is 52.4 Å². The number of carbonyl (C=O) groups excluding carboxylic acids is 5. The van der Waals surface area contributed by atoms with Crippen molar-refractivity contribution in [3.8, 4) is 0 Å². The van der Waals surface area contributed by atoms with E-state index in [1.54, 1.807) is 19.9 Å². The van der Waals surface area contributed by atoms with Gasteiger partial charge in [0.1, 0.15) is 37.1 Å². The Labute approximate surface area is 246 Å². The van der Waals surface area contributed by atoms with Gasteiger partial charge in [0.2, 0.25) is 0 Å². The summed E-state index contributed by atoms with van der Waals surface area (Å²) < 4.78 is 35.2. The number of epoxide rings is 1. The molecule has 42 heavy (non-hydrogen) atoms. The minimum Gasteiger partial charge on any atom is -0.462 e. The average Bonchev–Trinajstić information content (AvgIpc) is 3.60. The molecule has 0 aromatic rings. The van der Waals surface area contributed by atoms with Gasteiger partial charge in [-0.1, -0.05) is 19.9 Å². The molecule has 2 saturated carbocycles. The molecule has 0 N–H and O–H groups in total. The van der Waals surface area contributed by atoms with Crippen molar-refractivity contribution in [2.45, 2.75) is 98.1 Å². The lowest BCUT2D eigenvalue weighted by Gasteiger charge is -2.65. The number of fused-ring (bicyclic) bond motifs is 2. The van der Waals surface area contributed by atoms with E-state index in [1.807, 2.05) is 0 Å². The fourth-order valence-corrected chi connectivity index (χ4v) is 7.70. The maximum atomic E-state index is 13.1. The van der Waals surface area contributed by atoms with Gasteiger partial charge in [-0.25, -0.2) is 9.59 Å². The third kappa shape index (κ3) is 5.59. The smallest absolute Gasteiger partial charge is 0.333 e. The molecule has 0 aromatic carbocycles. The van der Waals surface area contributed by atoms with Crippen LogP contribution in [0.3, 0.4) is 0 Å². The molecule has 11 nitrogen and oxygen atoms in total. The van der Waals surface area contributed by atoms with Gasteiger partial charge in [0, 0.05) is 44.8 Å². The van der Waals surface area contributed by atoms with E-state index >= 15 is 0 Å². The first-order valence-corrected chi connectivity index (χ1v) is 14.5. The average molecular weight is 591 g/mol. The second-order valence-electron chi connectivity index (χ2n) is 12.4. The predicted molar refractivity (Wildman–Crippen MR) is 146 cm³/mol. The third-order valence-corrected chi connectivity index (χ3v) is 9.95. The molecule has 4 aliphatic rings. The first-order valence-electron chi connectivity index (χ1n) is 14.5. The number of rotatable bonds is 9. The number of carbonyl (C=O) groups is 5. The normalized spacial score (nSPS) is 37.2. The number of hydrogen-bond donors (Lipinski definition) is 0. The molecule has 2 aliphatic heterocycles. The van der Waals surface area contributed by atoms with E-state index in [0.717, 1.165) is 5.57 Å². The van der Waals surface area contributed by atoms with Crippen LogP contribution in [0.5, 0.6) is 0 Å². The molecule has 0 bridgehead atoms. The molecule has 2 heterocycles. The lowest BCUT2D eigenvalue weighted by molar-refractivity contribution is -0.275. The van der Waals surface area contributed by atoms with Gasteiger partial charge >= 0.3 is 29.8 Å². The molecule has 3 fully saturated rings. The highest BCUT2D eigenvalue weighted by Crippen LogP contribution is 2.70.